The topological polar surface area (TPSA) is 37.9 Å². The van der Waals surface area contributed by atoms with E-state index in [9.17, 15) is 0 Å². The molecule has 70 valence electrons. The van der Waals surface area contributed by atoms with Crippen molar-refractivity contribution < 1.29 is 4.74 Å². The minimum Gasteiger partial charge on any atom is -0.376 e. The van der Waals surface area contributed by atoms with Gasteiger partial charge < -0.3 is 9.72 Å². The van der Waals surface area contributed by atoms with Gasteiger partial charge in [-0.2, -0.15) is 0 Å². The van der Waals surface area contributed by atoms with Gasteiger partial charge in [0.15, 0.2) is 0 Å². The molecule has 0 fully saturated rings. The number of nitrogens with zero attached hydrogens (tertiary/aromatic N) is 1. The van der Waals surface area contributed by atoms with Gasteiger partial charge in [0.25, 0.3) is 0 Å². The summed E-state index contributed by atoms with van der Waals surface area (Å²) in [5, 5.41) is 0. The van der Waals surface area contributed by atoms with Crippen LogP contribution in [0.2, 0.25) is 0 Å². The average Bonchev–Trinajstić information content (AvgIpc) is 2.18. The first-order chi connectivity index (χ1) is 6.31. The van der Waals surface area contributed by atoms with E-state index in [1.54, 1.807) is 0 Å². The van der Waals surface area contributed by atoms with Crippen LogP contribution in [0, 0.1) is 4.64 Å². The Morgan fingerprint density at radius 1 is 1.62 bits per heavy atom. The lowest BCUT2D eigenvalue weighted by atomic mass is 10.1. The number of H-pyrrole nitrogens is 1. The van der Waals surface area contributed by atoms with Crippen molar-refractivity contribution in [2.45, 2.75) is 18.9 Å². The third-order valence-electron chi connectivity index (χ3n) is 2.02. The minimum atomic E-state index is 0.373. The fourth-order valence-corrected chi connectivity index (χ4v) is 1.79. The average molecular weight is 217 g/mol. The maximum Gasteiger partial charge on any atom is 0.135 e. The molecule has 5 heteroatoms. The minimum absolute atomic E-state index is 0.373. The lowest BCUT2D eigenvalue weighted by Crippen LogP contribution is -2.14. The van der Waals surface area contributed by atoms with Crippen LogP contribution in [0.1, 0.15) is 17.1 Å². The molecule has 3 nitrogen and oxygen atoms in total. The van der Waals surface area contributed by atoms with Crippen molar-refractivity contribution in [3.63, 3.8) is 0 Å². The second-order valence-electron chi connectivity index (χ2n) is 2.88. The molecule has 0 radical (unpaired) electrons. The Morgan fingerprint density at radius 2 is 2.46 bits per heavy atom. The predicted molar refractivity (Wildman–Crippen MR) is 52.3 cm³/mol. The molecule has 0 aliphatic carbocycles. The van der Waals surface area contributed by atoms with Crippen LogP contribution in [0.15, 0.2) is 0 Å². The molecule has 1 aromatic rings. The normalized spacial score (nSPS) is 15.5. The van der Waals surface area contributed by atoms with Gasteiger partial charge in [-0.1, -0.05) is 12.2 Å². The summed E-state index contributed by atoms with van der Waals surface area (Å²) in [5.41, 5.74) is 2.14. The van der Waals surface area contributed by atoms with Gasteiger partial charge in [-0.15, -0.1) is 11.6 Å². The monoisotopic (exact) mass is 216 g/mol. The number of fused-ring (bicyclic) bond motifs is 1. The maximum absolute atomic E-state index is 5.67. The van der Waals surface area contributed by atoms with E-state index in [0.717, 1.165) is 30.1 Å². The van der Waals surface area contributed by atoms with Gasteiger partial charge in [0.1, 0.15) is 10.5 Å². The predicted octanol–water partition coefficient (Wildman–Crippen LogP) is 1.95. The first-order valence-corrected chi connectivity index (χ1v) is 5.00. The summed E-state index contributed by atoms with van der Waals surface area (Å²) >= 11 is 10.8. The standard InChI is InChI=1S/C8H9ClN2OS/c9-3-7-10-6-1-2-12-4-5(6)8(13)11-7/h1-4H2,(H,10,11,13). The van der Waals surface area contributed by atoms with Crippen molar-refractivity contribution in [1.29, 1.82) is 0 Å². The van der Waals surface area contributed by atoms with E-state index < -0.39 is 0 Å². The Labute approximate surface area is 86.1 Å². The molecule has 1 N–H and O–H groups in total. The van der Waals surface area contributed by atoms with Crippen LogP contribution in [0.25, 0.3) is 0 Å². The van der Waals surface area contributed by atoms with Crippen molar-refractivity contribution in [2.24, 2.45) is 0 Å². The van der Waals surface area contributed by atoms with E-state index in [0.29, 0.717) is 17.1 Å². The maximum atomic E-state index is 5.67. The quantitative estimate of drug-likeness (QED) is 0.576. The third-order valence-corrected chi connectivity index (χ3v) is 2.61. The van der Waals surface area contributed by atoms with E-state index in [4.69, 9.17) is 28.6 Å². The highest BCUT2D eigenvalue weighted by molar-refractivity contribution is 7.71. The van der Waals surface area contributed by atoms with Gasteiger partial charge in [0.05, 0.1) is 19.1 Å². The molecule has 0 atom stereocenters. The summed E-state index contributed by atoms with van der Waals surface area (Å²) in [6.45, 7) is 1.31. The Morgan fingerprint density at radius 3 is 3.23 bits per heavy atom. The fraction of sp³-hybridized carbons (Fsp3) is 0.500. The zero-order valence-corrected chi connectivity index (χ0v) is 8.54. The number of nitrogens with one attached hydrogen (secondary N) is 1. The number of alkyl halides is 1. The summed E-state index contributed by atoms with van der Waals surface area (Å²) in [6, 6.07) is 0. The van der Waals surface area contributed by atoms with E-state index in [1.165, 1.54) is 0 Å². The molecular weight excluding hydrogens is 208 g/mol. The van der Waals surface area contributed by atoms with Crippen LogP contribution < -0.4 is 0 Å². The summed E-state index contributed by atoms with van der Waals surface area (Å²) in [4.78, 5) is 7.32. The van der Waals surface area contributed by atoms with Crippen LogP contribution in [-0.4, -0.2) is 16.6 Å². The summed E-state index contributed by atoms with van der Waals surface area (Å²) in [7, 11) is 0. The zero-order valence-electron chi connectivity index (χ0n) is 6.97. The molecule has 1 aliphatic heterocycles. The molecule has 1 aromatic heterocycles. The van der Waals surface area contributed by atoms with Gasteiger partial charge in [-0.05, 0) is 0 Å². The highest BCUT2D eigenvalue weighted by Gasteiger charge is 2.12. The van der Waals surface area contributed by atoms with Gasteiger partial charge in [-0.25, -0.2) is 4.98 Å². The molecule has 0 spiro atoms. The van der Waals surface area contributed by atoms with Crippen LogP contribution in [0.4, 0.5) is 0 Å². The third kappa shape index (κ3) is 1.75. The molecule has 2 heterocycles. The Kier molecular flexibility index (Phi) is 2.62. The first kappa shape index (κ1) is 9.12. The smallest absolute Gasteiger partial charge is 0.135 e. The summed E-state index contributed by atoms with van der Waals surface area (Å²) < 4.78 is 5.91. The van der Waals surface area contributed by atoms with Crippen molar-refractivity contribution in [3.8, 4) is 0 Å². The molecule has 0 unspecified atom stereocenters. The number of hydrogen-bond donors (Lipinski definition) is 1. The molecule has 0 aromatic carbocycles. The van der Waals surface area contributed by atoms with Gasteiger partial charge in [0.2, 0.25) is 0 Å². The molecule has 0 bridgehead atoms. The van der Waals surface area contributed by atoms with Crippen molar-refractivity contribution in [3.05, 3.63) is 21.7 Å². The van der Waals surface area contributed by atoms with Crippen LogP contribution >= 0.6 is 23.8 Å². The van der Waals surface area contributed by atoms with Gasteiger partial charge >= 0.3 is 0 Å². The van der Waals surface area contributed by atoms with Gasteiger partial charge in [-0.3, -0.25) is 0 Å². The molecular formula is C8H9ClN2OS. The number of hydrogen-bond acceptors (Lipinski definition) is 3. The first-order valence-electron chi connectivity index (χ1n) is 4.06. The van der Waals surface area contributed by atoms with Crippen molar-refractivity contribution in [2.75, 3.05) is 6.61 Å². The number of ether oxygens (including phenoxy) is 1. The zero-order chi connectivity index (χ0) is 9.26. The van der Waals surface area contributed by atoms with E-state index >= 15 is 0 Å². The molecule has 0 saturated heterocycles. The number of halogens is 1. The molecule has 2 rings (SSSR count). The second kappa shape index (κ2) is 3.74. The van der Waals surface area contributed by atoms with Crippen molar-refractivity contribution in [1.82, 2.24) is 9.97 Å². The molecule has 13 heavy (non-hydrogen) atoms. The van der Waals surface area contributed by atoms with E-state index in [1.807, 2.05) is 0 Å². The summed E-state index contributed by atoms with van der Waals surface area (Å²) in [6.07, 6.45) is 0.866. The Hall–Kier alpha value is -0.450. The van der Waals surface area contributed by atoms with Crippen LogP contribution in [-0.2, 0) is 23.6 Å². The Balaban J connectivity index is 2.53. The highest BCUT2D eigenvalue weighted by atomic mass is 35.5. The number of rotatable bonds is 1. The largest absolute Gasteiger partial charge is 0.376 e. The van der Waals surface area contributed by atoms with Crippen LogP contribution in [0.3, 0.4) is 0 Å². The van der Waals surface area contributed by atoms with E-state index in [-0.39, 0.29) is 0 Å². The SMILES string of the molecule is S=c1nc(CCl)[nH]c2c1COCC2. The highest BCUT2D eigenvalue weighted by Crippen LogP contribution is 2.15. The molecule has 0 saturated carbocycles. The number of aromatic amines is 1. The van der Waals surface area contributed by atoms with Crippen LogP contribution in [0.5, 0.6) is 0 Å². The lowest BCUT2D eigenvalue weighted by molar-refractivity contribution is 0.108. The fourth-order valence-electron chi connectivity index (χ4n) is 1.37. The number of aromatic nitrogens is 2. The van der Waals surface area contributed by atoms with Crippen molar-refractivity contribution >= 4 is 23.8 Å². The Bertz CT molecular complexity index is 377. The van der Waals surface area contributed by atoms with Gasteiger partial charge in [0, 0.05) is 17.7 Å². The van der Waals surface area contributed by atoms with E-state index in [2.05, 4.69) is 9.97 Å². The second-order valence-corrected chi connectivity index (χ2v) is 3.54. The molecule has 0 amide bonds. The molecule has 1 aliphatic rings. The summed E-state index contributed by atoms with van der Waals surface area (Å²) in [5.74, 6) is 1.12. The lowest BCUT2D eigenvalue weighted by Gasteiger charge is -2.16.